The quantitative estimate of drug-likeness (QED) is 0.780. The Hall–Kier alpha value is -2.30. The summed E-state index contributed by atoms with van der Waals surface area (Å²) in [6.45, 7) is 1.70. The summed E-state index contributed by atoms with van der Waals surface area (Å²) < 4.78 is 40.2. The highest BCUT2D eigenvalue weighted by atomic mass is 19.4. The van der Waals surface area contributed by atoms with Gasteiger partial charge in [0.2, 0.25) is 0 Å². The molecule has 0 amide bonds. The molecule has 0 unspecified atom stereocenters. The van der Waals surface area contributed by atoms with E-state index in [1.807, 2.05) is 0 Å². The summed E-state index contributed by atoms with van der Waals surface area (Å²) in [5.41, 5.74) is 2.82. The average Bonchev–Trinajstić information content (AvgIpc) is 2.37. The predicted octanol–water partition coefficient (Wildman–Crippen LogP) is 4.37. The van der Waals surface area contributed by atoms with Crippen LogP contribution < -0.4 is 4.74 Å². The first-order chi connectivity index (χ1) is 9.39. The van der Waals surface area contributed by atoms with E-state index < -0.39 is 6.36 Å². The molecule has 0 atom stereocenters. The molecule has 0 aliphatic carbocycles. The van der Waals surface area contributed by atoms with Crippen LogP contribution in [0.15, 0.2) is 42.5 Å². The highest BCUT2D eigenvalue weighted by Crippen LogP contribution is 2.29. The summed E-state index contributed by atoms with van der Waals surface area (Å²) in [4.78, 5) is 10.6. The molecular weight excluding hydrogens is 269 g/mol. The van der Waals surface area contributed by atoms with Gasteiger partial charge in [0.05, 0.1) is 0 Å². The monoisotopic (exact) mass is 280 g/mol. The second-order valence-electron chi connectivity index (χ2n) is 4.26. The van der Waals surface area contributed by atoms with Crippen molar-refractivity contribution < 1.29 is 22.7 Å². The van der Waals surface area contributed by atoms with E-state index in [4.69, 9.17) is 0 Å². The van der Waals surface area contributed by atoms with Gasteiger partial charge in [-0.2, -0.15) is 0 Å². The van der Waals surface area contributed by atoms with E-state index in [1.165, 1.54) is 12.1 Å². The van der Waals surface area contributed by atoms with Gasteiger partial charge in [-0.3, -0.25) is 4.79 Å². The molecule has 0 N–H and O–H groups in total. The third-order valence-electron chi connectivity index (χ3n) is 2.79. The predicted molar refractivity (Wildman–Crippen MR) is 68.7 cm³/mol. The van der Waals surface area contributed by atoms with Gasteiger partial charge < -0.3 is 4.74 Å². The lowest BCUT2D eigenvalue weighted by molar-refractivity contribution is -0.274. The van der Waals surface area contributed by atoms with Crippen LogP contribution in [0.3, 0.4) is 0 Å². The molecule has 0 fully saturated rings. The van der Waals surface area contributed by atoms with Crippen LogP contribution >= 0.6 is 0 Å². The minimum atomic E-state index is -4.69. The SMILES string of the molecule is Cc1cc(OC(F)(F)F)ccc1-c1ccc(C=O)cc1. The first kappa shape index (κ1) is 14.1. The molecule has 0 saturated heterocycles. The topological polar surface area (TPSA) is 26.3 Å². The van der Waals surface area contributed by atoms with Gasteiger partial charge in [0.15, 0.2) is 0 Å². The number of hydrogen-bond donors (Lipinski definition) is 0. The van der Waals surface area contributed by atoms with E-state index >= 15 is 0 Å². The molecule has 0 radical (unpaired) electrons. The lowest BCUT2D eigenvalue weighted by atomic mass is 9.99. The number of aldehydes is 1. The molecule has 0 aliphatic rings. The smallest absolute Gasteiger partial charge is 0.406 e. The fourth-order valence-electron chi connectivity index (χ4n) is 1.90. The number of alkyl halides is 3. The van der Waals surface area contributed by atoms with Gasteiger partial charge >= 0.3 is 6.36 Å². The van der Waals surface area contributed by atoms with Gasteiger partial charge in [-0.05, 0) is 35.7 Å². The number of benzene rings is 2. The molecule has 0 bridgehead atoms. The van der Waals surface area contributed by atoms with E-state index in [0.717, 1.165) is 17.4 Å². The van der Waals surface area contributed by atoms with Crippen molar-refractivity contribution in [2.75, 3.05) is 0 Å². The van der Waals surface area contributed by atoms with Crippen molar-refractivity contribution in [1.29, 1.82) is 0 Å². The van der Waals surface area contributed by atoms with Crippen LogP contribution in [0.1, 0.15) is 15.9 Å². The highest BCUT2D eigenvalue weighted by Gasteiger charge is 2.31. The second kappa shape index (κ2) is 5.36. The lowest BCUT2D eigenvalue weighted by Gasteiger charge is -2.12. The van der Waals surface area contributed by atoms with Crippen LogP contribution in [-0.4, -0.2) is 12.6 Å². The van der Waals surface area contributed by atoms with E-state index in [2.05, 4.69) is 4.74 Å². The van der Waals surface area contributed by atoms with Crippen LogP contribution in [0.4, 0.5) is 13.2 Å². The standard InChI is InChI=1S/C15H11F3O2/c1-10-8-13(20-15(16,17)18)6-7-14(10)12-4-2-11(9-19)3-5-12/h2-9H,1H3. The minimum Gasteiger partial charge on any atom is -0.406 e. The molecule has 0 aliphatic heterocycles. The Morgan fingerprint density at radius 1 is 1.05 bits per heavy atom. The number of aryl methyl sites for hydroxylation is 1. The molecule has 20 heavy (non-hydrogen) atoms. The normalized spacial score (nSPS) is 11.2. The third-order valence-corrected chi connectivity index (χ3v) is 2.79. The first-order valence-corrected chi connectivity index (χ1v) is 5.81. The largest absolute Gasteiger partial charge is 0.573 e. The van der Waals surface area contributed by atoms with Crippen molar-refractivity contribution in [3.63, 3.8) is 0 Å². The zero-order valence-electron chi connectivity index (χ0n) is 10.6. The Bertz CT molecular complexity index is 616. The summed E-state index contributed by atoms with van der Waals surface area (Å²) in [6, 6.07) is 11.0. The van der Waals surface area contributed by atoms with Gasteiger partial charge in [-0.25, -0.2) is 0 Å². The van der Waals surface area contributed by atoms with Crippen LogP contribution in [0, 0.1) is 6.92 Å². The van der Waals surface area contributed by atoms with Crippen molar-refractivity contribution in [2.45, 2.75) is 13.3 Å². The van der Waals surface area contributed by atoms with Crippen molar-refractivity contribution >= 4 is 6.29 Å². The lowest BCUT2D eigenvalue weighted by Crippen LogP contribution is -2.17. The molecule has 0 aromatic heterocycles. The average molecular weight is 280 g/mol. The van der Waals surface area contributed by atoms with E-state index in [0.29, 0.717) is 11.1 Å². The molecule has 2 nitrogen and oxygen atoms in total. The van der Waals surface area contributed by atoms with E-state index in [1.54, 1.807) is 37.3 Å². The maximum Gasteiger partial charge on any atom is 0.573 e. The number of hydrogen-bond acceptors (Lipinski definition) is 2. The van der Waals surface area contributed by atoms with Gasteiger partial charge in [0.25, 0.3) is 0 Å². The summed E-state index contributed by atoms with van der Waals surface area (Å²) in [7, 11) is 0. The van der Waals surface area contributed by atoms with Crippen molar-refractivity contribution in [3.05, 3.63) is 53.6 Å². The summed E-state index contributed by atoms with van der Waals surface area (Å²) >= 11 is 0. The summed E-state index contributed by atoms with van der Waals surface area (Å²) in [5, 5.41) is 0. The Morgan fingerprint density at radius 3 is 2.20 bits per heavy atom. The molecular formula is C15H11F3O2. The Kier molecular flexibility index (Phi) is 3.79. The third kappa shape index (κ3) is 3.38. The highest BCUT2D eigenvalue weighted by molar-refractivity contribution is 5.77. The Labute approximate surface area is 113 Å². The Balaban J connectivity index is 2.31. The zero-order valence-corrected chi connectivity index (χ0v) is 10.6. The number of carbonyl (C=O) groups excluding carboxylic acids is 1. The van der Waals surface area contributed by atoms with Crippen molar-refractivity contribution in [3.8, 4) is 16.9 Å². The fourth-order valence-corrected chi connectivity index (χ4v) is 1.90. The molecule has 2 aromatic carbocycles. The fraction of sp³-hybridized carbons (Fsp3) is 0.133. The maximum absolute atomic E-state index is 12.1. The molecule has 0 saturated carbocycles. The van der Waals surface area contributed by atoms with Crippen LogP contribution in [0.2, 0.25) is 0 Å². The number of ether oxygens (including phenoxy) is 1. The van der Waals surface area contributed by atoms with Crippen LogP contribution in [0.25, 0.3) is 11.1 Å². The molecule has 104 valence electrons. The molecule has 0 spiro atoms. The van der Waals surface area contributed by atoms with Gasteiger partial charge in [-0.1, -0.05) is 30.3 Å². The first-order valence-electron chi connectivity index (χ1n) is 5.81. The van der Waals surface area contributed by atoms with Crippen LogP contribution in [-0.2, 0) is 0 Å². The zero-order chi connectivity index (χ0) is 14.8. The Morgan fingerprint density at radius 2 is 1.70 bits per heavy atom. The summed E-state index contributed by atoms with van der Waals surface area (Å²) in [6.07, 6.45) is -3.96. The van der Waals surface area contributed by atoms with Crippen molar-refractivity contribution in [1.82, 2.24) is 0 Å². The molecule has 0 heterocycles. The van der Waals surface area contributed by atoms with E-state index in [-0.39, 0.29) is 5.75 Å². The van der Waals surface area contributed by atoms with Crippen LogP contribution in [0.5, 0.6) is 5.75 Å². The molecule has 5 heteroatoms. The molecule has 2 rings (SSSR count). The second-order valence-corrected chi connectivity index (χ2v) is 4.26. The van der Waals surface area contributed by atoms with Gasteiger partial charge in [-0.15, -0.1) is 13.2 Å². The number of carbonyl (C=O) groups is 1. The van der Waals surface area contributed by atoms with Gasteiger partial charge in [0, 0.05) is 5.56 Å². The number of rotatable bonds is 3. The van der Waals surface area contributed by atoms with Gasteiger partial charge in [0.1, 0.15) is 12.0 Å². The van der Waals surface area contributed by atoms with E-state index in [9.17, 15) is 18.0 Å². The maximum atomic E-state index is 12.1. The number of halogens is 3. The molecule has 2 aromatic rings. The minimum absolute atomic E-state index is 0.247. The summed E-state index contributed by atoms with van der Waals surface area (Å²) in [5.74, 6) is -0.247. The van der Waals surface area contributed by atoms with Crippen molar-refractivity contribution in [2.24, 2.45) is 0 Å².